The number of amides is 1. The molecule has 4 N–H and O–H groups in total. The van der Waals surface area contributed by atoms with E-state index >= 15 is 0 Å². The Bertz CT molecular complexity index is 351. The number of aliphatic hydroxyl groups is 1. The Morgan fingerprint density at radius 1 is 1.47 bits per heavy atom. The molecule has 17 heavy (non-hydrogen) atoms. The molecule has 0 saturated heterocycles. The molecule has 0 aromatic heterocycles. The van der Waals surface area contributed by atoms with E-state index < -0.39 is 0 Å². The first-order chi connectivity index (χ1) is 8.15. The second-order valence-corrected chi connectivity index (χ2v) is 3.79. The zero-order valence-corrected chi connectivity index (χ0v) is 9.85. The van der Waals surface area contributed by atoms with Crippen LogP contribution in [-0.4, -0.2) is 30.3 Å². The summed E-state index contributed by atoms with van der Waals surface area (Å²) in [5, 5.41) is 11.3. The van der Waals surface area contributed by atoms with E-state index in [2.05, 4.69) is 5.32 Å². The average Bonchev–Trinajstić information content (AvgIpc) is 2.36. The van der Waals surface area contributed by atoms with E-state index in [9.17, 15) is 4.79 Å². The summed E-state index contributed by atoms with van der Waals surface area (Å²) < 4.78 is 5.28. The maximum absolute atomic E-state index is 11.3. The predicted octanol–water partition coefficient (Wildman–Crippen LogP) is 0.0211. The molecule has 5 heteroatoms. The summed E-state index contributed by atoms with van der Waals surface area (Å²) in [6.07, 6.45) is 0. The van der Waals surface area contributed by atoms with Gasteiger partial charge in [0, 0.05) is 12.6 Å². The number of carbonyl (C=O) groups is 1. The Kier molecular flexibility index (Phi) is 5.45. The third-order valence-electron chi connectivity index (χ3n) is 2.21. The van der Waals surface area contributed by atoms with Crippen LogP contribution in [0.1, 0.15) is 12.5 Å². The van der Waals surface area contributed by atoms with Crippen LogP contribution in [0.15, 0.2) is 24.3 Å². The minimum absolute atomic E-state index is 0.0632. The highest BCUT2D eigenvalue weighted by molar-refractivity contribution is 5.77. The molecule has 94 valence electrons. The highest BCUT2D eigenvalue weighted by Gasteiger charge is 2.06. The number of hydrogen-bond acceptors (Lipinski definition) is 4. The fraction of sp³-hybridized carbons (Fsp3) is 0.417. The minimum Gasteiger partial charge on any atom is -0.484 e. The van der Waals surface area contributed by atoms with Gasteiger partial charge in [-0.3, -0.25) is 4.79 Å². The Morgan fingerprint density at radius 3 is 2.65 bits per heavy atom. The summed E-state index contributed by atoms with van der Waals surface area (Å²) in [7, 11) is 0. The monoisotopic (exact) mass is 238 g/mol. The topological polar surface area (TPSA) is 84.6 Å². The quantitative estimate of drug-likeness (QED) is 0.652. The van der Waals surface area contributed by atoms with Gasteiger partial charge >= 0.3 is 0 Å². The molecule has 1 rings (SSSR count). The van der Waals surface area contributed by atoms with Gasteiger partial charge in [-0.2, -0.15) is 0 Å². The lowest BCUT2D eigenvalue weighted by molar-refractivity contribution is -0.123. The fourth-order valence-corrected chi connectivity index (χ4v) is 1.23. The van der Waals surface area contributed by atoms with Crippen LogP contribution in [0, 0.1) is 0 Å². The number of nitrogens with one attached hydrogen (secondary N) is 1. The third-order valence-corrected chi connectivity index (χ3v) is 2.21. The Hall–Kier alpha value is -1.59. The van der Waals surface area contributed by atoms with Crippen LogP contribution in [0.5, 0.6) is 5.75 Å². The zero-order valence-electron chi connectivity index (χ0n) is 9.85. The van der Waals surface area contributed by atoms with E-state index in [0.29, 0.717) is 12.3 Å². The van der Waals surface area contributed by atoms with Crippen LogP contribution < -0.4 is 15.8 Å². The number of nitrogens with two attached hydrogens (primary N) is 1. The van der Waals surface area contributed by atoms with Crippen molar-refractivity contribution >= 4 is 5.91 Å². The van der Waals surface area contributed by atoms with Gasteiger partial charge < -0.3 is 20.9 Å². The van der Waals surface area contributed by atoms with E-state index in [-0.39, 0.29) is 25.2 Å². The van der Waals surface area contributed by atoms with E-state index in [1.807, 2.05) is 12.1 Å². The van der Waals surface area contributed by atoms with Crippen LogP contribution >= 0.6 is 0 Å². The van der Waals surface area contributed by atoms with E-state index in [4.69, 9.17) is 15.6 Å². The molecule has 0 bridgehead atoms. The normalized spacial score (nSPS) is 11.9. The largest absolute Gasteiger partial charge is 0.484 e. The SMILES string of the molecule is C[C@@H](CO)NC(=O)COc1ccc(CN)cc1. The van der Waals surface area contributed by atoms with Gasteiger partial charge in [0.25, 0.3) is 5.91 Å². The lowest BCUT2D eigenvalue weighted by Gasteiger charge is -2.11. The molecule has 0 aliphatic rings. The van der Waals surface area contributed by atoms with Gasteiger partial charge in [-0.05, 0) is 24.6 Å². The van der Waals surface area contributed by atoms with Gasteiger partial charge in [-0.1, -0.05) is 12.1 Å². The van der Waals surface area contributed by atoms with Crippen molar-refractivity contribution in [3.8, 4) is 5.75 Å². The molecule has 0 radical (unpaired) electrons. The summed E-state index contributed by atoms with van der Waals surface area (Å²) in [5.41, 5.74) is 6.47. The molecular weight excluding hydrogens is 220 g/mol. The lowest BCUT2D eigenvalue weighted by atomic mass is 10.2. The van der Waals surface area contributed by atoms with Crippen molar-refractivity contribution in [1.29, 1.82) is 0 Å². The highest BCUT2D eigenvalue weighted by Crippen LogP contribution is 2.11. The van der Waals surface area contributed by atoms with Gasteiger partial charge in [0.15, 0.2) is 6.61 Å². The van der Waals surface area contributed by atoms with Crippen molar-refractivity contribution in [1.82, 2.24) is 5.32 Å². The molecule has 0 aliphatic carbocycles. The molecule has 0 unspecified atom stereocenters. The van der Waals surface area contributed by atoms with Crippen molar-refractivity contribution in [2.75, 3.05) is 13.2 Å². The standard InChI is InChI=1S/C12H18N2O3/c1-9(7-15)14-12(16)8-17-11-4-2-10(6-13)3-5-11/h2-5,9,15H,6-8,13H2,1H3,(H,14,16)/t9-/m0/s1. The molecule has 5 nitrogen and oxygen atoms in total. The smallest absolute Gasteiger partial charge is 0.258 e. The molecule has 0 spiro atoms. The van der Waals surface area contributed by atoms with Crippen LogP contribution in [-0.2, 0) is 11.3 Å². The molecular formula is C12H18N2O3. The second-order valence-electron chi connectivity index (χ2n) is 3.79. The van der Waals surface area contributed by atoms with Crippen molar-refractivity contribution in [2.45, 2.75) is 19.5 Å². The molecule has 1 atom stereocenters. The predicted molar refractivity (Wildman–Crippen MR) is 64.5 cm³/mol. The first kappa shape index (κ1) is 13.5. The summed E-state index contributed by atoms with van der Waals surface area (Å²) in [6, 6.07) is 6.98. The van der Waals surface area contributed by atoms with Crippen molar-refractivity contribution in [3.63, 3.8) is 0 Å². The molecule has 1 aromatic rings. The number of aliphatic hydroxyl groups excluding tert-OH is 1. The first-order valence-electron chi connectivity index (χ1n) is 5.47. The summed E-state index contributed by atoms with van der Waals surface area (Å²) in [6.45, 7) is 2.05. The van der Waals surface area contributed by atoms with E-state index in [1.165, 1.54) is 0 Å². The molecule has 0 aliphatic heterocycles. The number of hydrogen-bond donors (Lipinski definition) is 3. The van der Waals surface area contributed by atoms with E-state index in [1.54, 1.807) is 19.1 Å². The van der Waals surface area contributed by atoms with Crippen molar-refractivity contribution < 1.29 is 14.6 Å². The fourth-order valence-electron chi connectivity index (χ4n) is 1.23. The Balaban J connectivity index is 2.36. The molecule has 0 heterocycles. The number of benzene rings is 1. The number of carbonyl (C=O) groups excluding carboxylic acids is 1. The van der Waals surface area contributed by atoms with Crippen LogP contribution in [0.4, 0.5) is 0 Å². The van der Waals surface area contributed by atoms with Crippen LogP contribution in [0.2, 0.25) is 0 Å². The maximum Gasteiger partial charge on any atom is 0.258 e. The van der Waals surface area contributed by atoms with E-state index in [0.717, 1.165) is 5.56 Å². The highest BCUT2D eigenvalue weighted by atomic mass is 16.5. The Morgan fingerprint density at radius 2 is 2.12 bits per heavy atom. The zero-order chi connectivity index (χ0) is 12.7. The minimum atomic E-state index is -0.259. The summed E-state index contributed by atoms with van der Waals surface area (Å²) in [5.74, 6) is 0.364. The average molecular weight is 238 g/mol. The Labute approximate surface area is 101 Å². The maximum atomic E-state index is 11.3. The number of ether oxygens (including phenoxy) is 1. The molecule has 1 aromatic carbocycles. The number of rotatable bonds is 6. The van der Waals surface area contributed by atoms with Gasteiger partial charge in [-0.25, -0.2) is 0 Å². The second kappa shape index (κ2) is 6.88. The molecule has 0 saturated carbocycles. The lowest BCUT2D eigenvalue weighted by Crippen LogP contribution is -2.38. The van der Waals surface area contributed by atoms with Gasteiger partial charge in [0.1, 0.15) is 5.75 Å². The van der Waals surface area contributed by atoms with Crippen molar-refractivity contribution in [3.05, 3.63) is 29.8 Å². The van der Waals surface area contributed by atoms with Gasteiger partial charge in [0.05, 0.1) is 6.61 Å². The molecule has 1 amide bonds. The van der Waals surface area contributed by atoms with Crippen LogP contribution in [0.3, 0.4) is 0 Å². The molecule has 0 fully saturated rings. The van der Waals surface area contributed by atoms with Crippen molar-refractivity contribution in [2.24, 2.45) is 5.73 Å². The first-order valence-corrected chi connectivity index (χ1v) is 5.47. The van der Waals surface area contributed by atoms with Gasteiger partial charge in [-0.15, -0.1) is 0 Å². The summed E-state index contributed by atoms with van der Waals surface area (Å²) >= 11 is 0. The van der Waals surface area contributed by atoms with Crippen LogP contribution in [0.25, 0.3) is 0 Å². The summed E-state index contributed by atoms with van der Waals surface area (Å²) in [4.78, 5) is 11.3. The van der Waals surface area contributed by atoms with Gasteiger partial charge in [0.2, 0.25) is 0 Å². The third kappa shape index (κ3) is 4.84.